The normalized spacial score (nSPS) is 16.4. The Labute approximate surface area is 90.9 Å². The summed E-state index contributed by atoms with van der Waals surface area (Å²) in [6, 6.07) is 5.50. The number of hydrogen-bond acceptors (Lipinski definition) is 1. The molecule has 0 unspecified atom stereocenters. The van der Waals surface area contributed by atoms with Gasteiger partial charge in [0.25, 0.3) is 0 Å². The van der Waals surface area contributed by atoms with Crippen LogP contribution in [-0.2, 0) is 0 Å². The Morgan fingerprint density at radius 2 is 1.87 bits per heavy atom. The van der Waals surface area contributed by atoms with Crippen molar-refractivity contribution in [2.24, 2.45) is 0 Å². The molecular formula is C13H18FN. The van der Waals surface area contributed by atoms with Crippen molar-refractivity contribution in [2.45, 2.75) is 32.6 Å². The molecule has 0 aromatic heterocycles. The van der Waals surface area contributed by atoms with Gasteiger partial charge in [-0.25, -0.2) is 4.39 Å². The largest absolute Gasteiger partial charge is 0.372 e. The van der Waals surface area contributed by atoms with Crippen LogP contribution in [0.15, 0.2) is 18.2 Å². The smallest absolute Gasteiger partial charge is 0.126 e. The molecule has 0 saturated carbocycles. The van der Waals surface area contributed by atoms with Gasteiger partial charge < -0.3 is 4.90 Å². The molecule has 1 heterocycles. The van der Waals surface area contributed by atoms with E-state index < -0.39 is 0 Å². The van der Waals surface area contributed by atoms with Crippen molar-refractivity contribution < 1.29 is 4.39 Å². The third-order valence-corrected chi connectivity index (χ3v) is 3.07. The molecule has 1 aliphatic heterocycles. The summed E-state index contributed by atoms with van der Waals surface area (Å²) in [6.07, 6.45) is 2.52. The molecule has 15 heavy (non-hydrogen) atoms. The summed E-state index contributed by atoms with van der Waals surface area (Å²) < 4.78 is 13.5. The second-order valence-corrected chi connectivity index (χ2v) is 4.55. The first-order valence-corrected chi connectivity index (χ1v) is 5.73. The van der Waals surface area contributed by atoms with Crippen molar-refractivity contribution in [2.75, 3.05) is 18.0 Å². The van der Waals surface area contributed by atoms with Crippen LogP contribution in [0.25, 0.3) is 0 Å². The van der Waals surface area contributed by atoms with Gasteiger partial charge in [-0.2, -0.15) is 0 Å². The van der Waals surface area contributed by atoms with Gasteiger partial charge in [-0.1, -0.05) is 13.8 Å². The van der Waals surface area contributed by atoms with Gasteiger partial charge in [0, 0.05) is 18.8 Å². The van der Waals surface area contributed by atoms with Crippen LogP contribution in [0.5, 0.6) is 0 Å². The molecule has 1 aromatic carbocycles. The Morgan fingerprint density at radius 3 is 2.47 bits per heavy atom. The van der Waals surface area contributed by atoms with Crippen LogP contribution in [0, 0.1) is 5.82 Å². The zero-order valence-electron chi connectivity index (χ0n) is 9.46. The third-order valence-electron chi connectivity index (χ3n) is 3.07. The fourth-order valence-electron chi connectivity index (χ4n) is 2.15. The van der Waals surface area contributed by atoms with E-state index in [1.54, 1.807) is 6.07 Å². The fourth-order valence-corrected chi connectivity index (χ4v) is 2.15. The summed E-state index contributed by atoms with van der Waals surface area (Å²) in [5, 5.41) is 0. The van der Waals surface area contributed by atoms with Gasteiger partial charge in [0.05, 0.1) is 0 Å². The lowest BCUT2D eigenvalue weighted by molar-refractivity contribution is 0.598. The molecule has 0 bridgehead atoms. The van der Waals surface area contributed by atoms with E-state index in [1.807, 2.05) is 26.0 Å². The molecular weight excluding hydrogens is 189 g/mol. The zero-order valence-corrected chi connectivity index (χ0v) is 9.46. The number of anilines is 1. The first-order valence-electron chi connectivity index (χ1n) is 5.73. The summed E-state index contributed by atoms with van der Waals surface area (Å²) >= 11 is 0. The first-order chi connectivity index (χ1) is 7.18. The van der Waals surface area contributed by atoms with Gasteiger partial charge in [0.15, 0.2) is 0 Å². The summed E-state index contributed by atoms with van der Waals surface area (Å²) in [5.41, 5.74) is 2.01. The molecule has 1 saturated heterocycles. The molecule has 0 amide bonds. The topological polar surface area (TPSA) is 3.24 Å². The predicted molar refractivity (Wildman–Crippen MR) is 61.9 cm³/mol. The summed E-state index contributed by atoms with van der Waals surface area (Å²) in [4.78, 5) is 2.34. The van der Waals surface area contributed by atoms with Crippen LogP contribution in [0.1, 0.15) is 38.2 Å². The highest BCUT2D eigenvalue weighted by molar-refractivity contribution is 5.50. The van der Waals surface area contributed by atoms with E-state index in [-0.39, 0.29) is 11.7 Å². The van der Waals surface area contributed by atoms with Gasteiger partial charge in [-0.15, -0.1) is 0 Å². The molecule has 1 fully saturated rings. The average Bonchev–Trinajstić information content (AvgIpc) is 2.71. The minimum absolute atomic E-state index is 0.0760. The molecule has 1 nitrogen and oxygen atoms in total. The maximum absolute atomic E-state index is 13.5. The zero-order chi connectivity index (χ0) is 10.8. The fraction of sp³-hybridized carbons (Fsp3) is 0.538. The SMILES string of the molecule is CC(C)c1cc(N2CCCC2)ccc1F. The highest BCUT2D eigenvalue weighted by atomic mass is 19.1. The lowest BCUT2D eigenvalue weighted by Crippen LogP contribution is -2.17. The highest BCUT2D eigenvalue weighted by Crippen LogP contribution is 2.26. The van der Waals surface area contributed by atoms with E-state index in [2.05, 4.69) is 4.90 Å². The van der Waals surface area contributed by atoms with Gasteiger partial charge >= 0.3 is 0 Å². The van der Waals surface area contributed by atoms with Gasteiger partial charge in [0.1, 0.15) is 5.82 Å². The Balaban J connectivity index is 2.29. The lowest BCUT2D eigenvalue weighted by Gasteiger charge is -2.19. The van der Waals surface area contributed by atoms with Gasteiger partial charge in [-0.3, -0.25) is 0 Å². The van der Waals surface area contributed by atoms with Crippen molar-refractivity contribution in [3.05, 3.63) is 29.6 Å². The van der Waals surface area contributed by atoms with E-state index in [0.29, 0.717) is 0 Å². The maximum atomic E-state index is 13.5. The van der Waals surface area contributed by atoms with Crippen LogP contribution < -0.4 is 4.90 Å². The second kappa shape index (κ2) is 4.21. The maximum Gasteiger partial charge on any atom is 0.126 e. The van der Waals surface area contributed by atoms with Crippen LogP contribution in [0.2, 0.25) is 0 Å². The molecule has 2 heteroatoms. The number of nitrogens with zero attached hydrogens (tertiary/aromatic N) is 1. The Hall–Kier alpha value is -1.05. The van der Waals surface area contributed by atoms with Gasteiger partial charge in [0.2, 0.25) is 0 Å². The van der Waals surface area contributed by atoms with E-state index in [4.69, 9.17) is 0 Å². The average molecular weight is 207 g/mol. The minimum atomic E-state index is -0.0760. The van der Waals surface area contributed by atoms with Crippen LogP contribution >= 0.6 is 0 Å². The Kier molecular flexibility index (Phi) is 2.94. The second-order valence-electron chi connectivity index (χ2n) is 4.55. The molecule has 82 valence electrons. The number of benzene rings is 1. The molecule has 0 N–H and O–H groups in total. The van der Waals surface area contributed by atoms with Crippen molar-refractivity contribution in [3.63, 3.8) is 0 Å². The van der Waals surface area contributed by atoms with Crippen LogP contribution in [-0.4, -0.2) is 13.1 Å². The Morgan fingerprint density at radius 1 is 1.20 bits per heavy atom. The lowest BCUT2D eigenvalue weighted by atomic mass is 10.0. The van der Waals surface area contributed by atoms with Crippen molar-refractivity contribution in [1.82, 2.24) is 0 Å². The number of halogens is 1. The Bertz CT molecular complexity index is 340. The van der Waals surface area contributed by atoms with Crippen molar-refractivity contribution >= 4 is 5.69 Å². The predicted octanol–water partition coefficient (Wildman–Crippen LogP) is 3.55. The van der Waals surface area contributed by atoms with E-state index >= 15 is 0 Å². The van der Waals surface area contributed by atoms with E-state index in [9.17, 15) is 4.39 Å². The molecule has 2 rings (SSSR count). The van der Waals surface area contributed by atoms with Crippen molar-refractivity contribution in [3.8, 4) is 0 Å². The molecule has 1 aliphatic rings. The first kappa shape index (κ1) is 10.5. The molecule has 1 aromatic rings. The monoisotopic (exact) mass is 207 g/mol. The minimum Gasteiger partial charge on any atom is -0.372 e. The van der Waals surface area contributed by atoms with Crippen molar-refractivity contribution in [1.29, 1.82) is 0 Å². The molecule has 0 aliphatic carbocycles. The summed E-state index contributed by atoms with van der Waals surface area (Å²) in [7, 11) is 0. The number of hydrogen-bond donors (Lipinski definition) is 0. The summed E-state index contributed by atoms with van der Waals surface area (Å²) in [6.45, 7) is 6.30. The van der Waals surface area contributed by atoms with Crippen LogP contribution in [0.3, 0.4) is 0 Å². The van der Waals surface area contributed by atoms with Gasteiger partial charge in [-0.05, 0) is 42.5 Å². The third kappa shape index (κ3) is 2.14. The van der Waals surface area contributed by atoms with Crippen LogP contribution in [0.4, 0.5) is 10.1 Å². The molecule has 0 radical (unpaired) electrons. The van der Waals surface area contributed by atoms with E-state index in [1.165, 1.54) is 18.5 Å². The summed E-state index contributed by atoms with van der Waals surface area (Å²) in [5.74, 6) is 0.181. The number of rotatable bonds is 2. The quantitative estimate of drug-likeness (QED) is 0.717. The standard InChI is InChI=1S/C13H18FN/c1-10(2)12-9-11(5-6-13(12)14)15-7-3-4-8-15/h5-6,9-10H,3-4,7-8H2,1-2H3. The van der Waals surface area contributed by atoms with E-state index in [0.717, 1.165) is 18.7 Å². The highest BCUT2D eigenvalue weighted by Gasteiger charge is 2.14. The molecule has 0 atom stereocenters. The molecule has 0 spiro atoms.